The molecule has 0 bridgehead atoms. The molecule has 2 aromatic heterocycles. The zero-order valence-electron chi connectivity index (χ0n) is 26.8. The largest absolute Gasteiger partial charge is 0.416 e. The molecule has 3 aromatic rings. The molecule has 1 fully saturated rings. The maximum atomic E-state index is 13.7. The fourth-order valence-corrected chi connectivity index (χ4v) is 7.00. The van der Waals surface area contributed by atoms with Crippen LogP contribution < -0.4 is 16.2 Å². The van der Waals surface area contributed by atoms with Crippen LogP contribution in [0.3, 0.4) is 0 Å². The molecule has 2 N–H and O–H groups in total. The number of nitrogens with zero attached hydrogens (tertiary/aromatic N) is 4. The van der Waals surface area contributed by atoms with Crippen molar-refractivity contribution in [1.29, 1.82) is 5.26 Å². The third-order valence-corrected chi connectivity index (χ3v) is 14.5. The lowest BCUT2D eigenvalue weighted by molar-refractivity contribution is 0.107. The van der Waals surface area contributed by atoms with E-state index in [1.54, 1.807) is 6.20 Å². The Morgan fingerprint density at radius 1 is 1.27 bits per heavy atom. The van der Waals surface area contributed by atoms with Crippen molar-refractivity contribution in [2.75, 3.05) is 30.4 Å². The molecule has 44 heavy (non-hydrogen) atoms. The minimum Gasteiger partial charge on any atom is -0.416 e. The fraction of sp³-hybridized carbons (Fsp3) is 0.529. The van der Waals surface area contributed by atoms with Gasteiger partial charge in [0.2, 0.25) is 5.95 Å². The van der Waals surface area contributed by atoms with Crippen LogP contribution >= 0.6 is 0 Å². The second-order valence-electron chi connectivity index (χ2n) is 14.4. The van der Waals surface area contributed by atoms with Gasteiger partial charge in [0.15, 0.2) is 8.32 Å². The van der Waals surface area contributed by atoms with Crippen LogP contribution in [0.25, 0.3) is 11.3 Å². The lowest BCUT2D eigenvalue weighted by Gasteiger charge is -2.39. The van der Waals surface area contributed by atoms with E-state index in [0.717, 1.165) is 53.4 Å². The second kappa shape index (κ2) is 11.4. The van der Waals surface area contributed by atoms with Gasteiger partial charge in [-0.25, -0.2) is 9.97 Å². The van der Waals surface area contributed by atoms with Crippen molar-refractivity contribution in [3.63, 3.8) is 0 Å². The number of ether oxygens (including phenoxy) is 1. The Kier molecular flexibility index (Phi) is 7.93. The molecule has 1 aliphatic carbocycles. The Labute approximate surface area is 261 Å². The summed E-state index contributed by atoms with van der Waals surface area (Å²) in [5.74, 6) is 1.07. The van der Waals surface area contributed by atoms with Gasteiger partial charge >= 0.3 is 0 Å². The van der Waals surface area contributed by atoms with Crippen LogP contribution in [0.1, 0.15) is 69.3 Å². The number of anilines is 3. The minimum absolute atomic E-state index is 0.0480. The minimum atomic E-state index is -1.97. The molecule has 0 radical (unpaired) electrons. The smallest absolute Gasteiger partial charge is 0.274 e. The van der Waals surface area contributed by atoms with Crippen molar-refractivity contribution in [1.82, 2.24) is 14.5 Å². The molecule has 1 atom stereocenters. The summed E-state index contributed by atoms with van der Waals surface area (Å²) in [7, 11) is -1.97. The lowest BCUT2D eigenvalue weighted by atomic mass is 9.83. The Balaban J connectivity index is 1.31. The number of aromatic nitrogens is 3. The maximum absolute atomic E-state index is 13.7. The van der Waals surface area contributed by atoms with E-state index in [9.17, 15) is 10.1 Å². The van der Waals surface area contributed by atoms with Gasteiger partial charge in [0.25, 0.3) is 5.56 Å². The molecule has 6 rings (SSSR count). The summed E-state index contributed by atoms with van der Waals surface area (Å²) < 4.78 is 14.3. The van der Waals surface area contributed by atoms with Crippen LogP contribution in [0.15, 0.2) is 35.3 Å². The van der Waals surface area contributed by atoms with Gasteiger partial charge in [0.05, 0.1) is 30.2 Å². The number of hydrogen-bond donors (Lipinski definition) is 2. The Morgan fingerprint density at radius 3 is 2.80 bits per heavy atom. The highest BCUT2D eigenvalue weighted by molar-refractivity contribution is 6.74. The Hall–Kier alpha value is -3.52. The van der Waals surface area contributed by atoms with Crippen LogP contribution in [0.4, 0.5) is 17.3 Å². The molecule has 0 unspecified atom stereocenters. The predicted molar refractivity (Wildman–Crippen MR) is 176 cm³/mol. The highest BCUT2D eigenvalue weighted by atomic mass is 28.4. The van der Waals surface area contributed by atoms with E-state index in [0.29, 0.717) is 49.3 Å². The zero-order valence-corrected chi connectivity index (χ0v) is 27.8. The molecule has 1 saturated carbocycles. The third-order valence-electron chi connectivity index (χ3n) is 10.0. The zero-order chi connectivity index (χ0) is 31.3. The standard InChI is InChI=1S/C34H44N6O3Si/c1-33(2,3)44(5,6)43-21-34(4)20-37-30-24(18-35)15-23(16-26(30)34)27-9-12-36-32(38-27)39-28-17-25-19-42-14-11-29(25)40(31(28)41)13-10-22-7-8-22/h9,12,15-17,22,37H,7-8,10-11,13-14,19-21H2,1-6H3,(H,36,38,39)/t34-/m1/s1. The quantitative estimate of drug-likeness (QED) is 0.263. The van der Waals surface area contributed by atoms with Gasteiger partial charge in [-0.1, -0.05) is 40.5 Å². The highest BCUT2D eigenvalue weighted by Crippen LogP contribution is 2.44. The van der Waals surface area contributed by atoms with Crippen molar-refractivity contribution in [3.8, 4) is 17.3 Å². The molecule has 4 heterocycles. The SMILES string of the molecule is CC(C)(C)[Si](C)(C)OC[C@@]1(C)CNc2c(C#N)cc(-c3ccnc(Nc4cc5c(n(CCC6CC6)c4=O)CCOC5)n3)cc21. The van der Waals surface area contributed by atoms with Gasteiger partial charge < -0.3 is 24.4 Å². The monoisotopic (exact) mass is 612 g/mol. The van der Waals surface area contributed by atoms with Crippen LogP contribution in [0.5, 0.6) is 0 Å². The summed E-state index contributed by atoms with van der Waals surface area (Å²) >= 11 is 0. The van der Waals surface area contributed by atoms with Crippen molar-refractivity contribution < 1.29 is 9.16 Å². The molecule has 0 saturated heterocycles. The van der Waals surface area contributed by atoms with E-state index < -0.39 is 8.32 Å². The average molecular weight is 613 g/mol. The molecule has 9 nitrogen and oxygen atoms in total. The molecular formula is C34H44N6O3Si. The van der Waals surface area contributed by atoms with Gasteiger partial charge in [0.1, 0.15) is 11.8 Å². The van der Waals surface area contributed by atoms with Gasteiger partial charge in [0, 0.05) is 49.0 Å². The van der Waals surface area contributed by atoms with Gasteiger partial charge in [-0.2, -0.15) is 5.26 Å². The van der Waals surface area contributed by atoms with E-state index in [1.807, 2.05) is 22.8 Å². The molecule has 3 aliphatic rings. The van der Waals surface area contributed by atoms with E-state index in [1.165, 1.54) is 12.8 Å². The number of pyridine rings is 1. The molecule has 0 spiro atoms. The first-order valence-electron chi connectivity index (χ1n) is 15.8. The van der Waals surface area contributed by atoms with Crippen molar-refractivity contribution in [2.45, 2.75) is 90.1 Å². The summed E-state index contributed by atoms with van der Waals surface area (Å²) in [4.78, 5) is 22.9. The topological polar surface area (TPSA) is 114 Å². The maximum Gasteiger partial charge on any atom is 0.274 e. The normalized spacial score (nSPS) is 19.6. The van der Waals surface area contributed by atoms with Crippen LogP contribution in [-0.4, -0.2) is 42.6 Å². The first-order valence-corrected chi connectivity index (χ1v) is 18.7. The summed E-state index contributed by atoms with van der Waals surface area (Å²) in [6, 6.07) is 10.1. The van der Waals surface area contributed by atoms with Gasteiger partial charge in [-0.05, 0) is 65.9 Å². The fourth-order valence-electron chi connectivity index (χ4n) is 5.88. The molecule has 10 heteroatoms. The van der Waals surface area contributed by atoms with Crippen molar-refractivity contribution in [2.24, 2.45) is 5.92 Å². The molecule has 2 aliphatic heterocycles. The number of nitrogens with one attached hydrogen (secondary N) is 2. The second-order valence-corrected chi connectivity index (χ2v) is 19.2. The molecule has 0 amide bonds. The van der Waals surface area contributed by atoms with Gasteiger partial charge in [-0.15, -0.1) is 0 Å². The number of nitriles is 1. The highest BCUT2D eigenvalue weighted by Gasteiger charge is 2.42. The first kappa shape index (κ1) is 30.5. The first-order chi connectivity index (χ1) is 20.9. The lowest BCUT2D eigenvalue weighted by Crippen LogP contribution is -2.45. The number of fused-ring (bicyclic) bond motifs is 2. The molecule has 1 aromatic carbocycles. The number of rotatable bonds is 9. The van der Waals surface area contributed by atoms with E-state index >= 15 is 0 Å². The van der Waals surface area contributed by atoms with Crippen LogP contribution in [-0.2, 0) is 34.2 Å². The number of hydrogen-bond acceptors (Lipinski definition) is 8. The molecule has 232 valence electrons. The summed E-state index contributed by atoms with van der Waals surface area (Å²) in [5, 5.41) is 16.9. The van der Waals surface area contributed by atoms with E-state index in [4.69, 9.17) is 14.1 Å². The third kappa shape index (κ3) is 5.93. The van der Waals surface area contributed by atoms with Crippen molar-refractivity contribution >= 4 is 25.6 Å². The molecular weight excluding hydrogens is 568 g/mol. The van der Waals surface area contributed by atoms with E-state index in [-0.39, 0.29) is 16.0 Å². The van der Waals surface area contributed by atoms with Crippen molar-refractivity contribution in [3.05, 3.63) is 63.2 Å². The summed E-state index contributed by atoms with van der Waals surface area (Å²) in [6.07, 6.45) is 5.98. The summed E-state index contributed by atoms with van der Waals surface area (Å²) in [5.41, 5.74) is 6.24. The Bertz CT molecular complexity index is 1680. The van der Waals surface area contributed by atoms with Crippen LogP contribution in [0.2, 0.25) is 18.1 Å². The predicted octanol–water partition coefficient (Wildman–Crippen LogP) is 6.50. The Morgan fingerprint density at radius 2 is 2.07 bits per heavy atom. The average Bonchev–Trinajstić information content (AvgIpc) is 3.77. The number of benzene rings is 1. The van der Waals surface area contributed by atoms with Gasteiger partial charge in [-0.3, -0.25) is 4.79 Å². The van der Waals surface area contributed by atoms with Crippen LogP contribution in [0, 0.1) is 17.2 Å². The van der Waals surface area contributed by atoms with E-state index in [2.05, 4.69) is 68.5 Å². The summed E-state index contributed by atoms with van der Waals surface area (Å²) in [6.45, 7) is 16.6.